The smallest absolute Gasteiger partial charge is 0.336 e. The number of hydrogen-bond donors (Lipinski definition) is 0. The van der Waals surface area contributed by atoms with E-state index in [9.17, 15) is 9.59 Å². The van der Waals surface area contributed by atoms with Crippen LogP contribution in [0.1, 0.15) is 50.8 Å². The molecule has 0 saturated heterocycles. The second-order valence-corrected chi connectivity index (χ2v) is 7.62. The molecule has 0 N–H and O–H groups in total. The molecule has 2 aromatic rings. The molecule has 0 radical (unpaired) electrons. The van der Waals surface area contributed by atoms with Gasteiger partial charge in [0.1, 0.15) is 18.1 Å². The van der Waals surface area contributed by atoms with Crippen molar-refractivity contribution in [3.05, 3.63) is 39.2 Å². The van der Waals surface area contributed by atoms with E-state index < -0.39 is 0 Å². The summed E-state index contributed by atoms with van der Waals surface area (Å²) < 4.78 is 16.8. The van der Waals surface area contributed by atoms with Gasteiger partial charge in [-0.05, 0) is 58.2 Å². The van der Waals surface area contributed by atoms with Crippen molar-refractivity contribution in [1.82, 2.24) is 4.90 Å². The lowest BCUT2D eigenvalue weighted by Crippen LogP contribution is -2.37. The third kappa shape index (κ3) is 4.16. The largest absolute Gasteiger partial charge is 0.477 e. The molecule has 0 unspecified atom stereocenters. The minimum atomic E-state index is -0.364. The average molecular weight is 373 g/mol. The first-order valence-electron chi connectivity index (χ1n) is 9.41. The van der Waals surface area contributed by atoms with Gasteiger partial charge in [0.25, 0.3) is 0 Å². The molecule has 0 fully saturated rings. The van der Waals surface area contributed by atoms with Gasteiger partial charge in [-0.2, -0.15) is 0 Å². The zero-order valence-electron chi connectivity index (χ0n) is 16.6. The summed E-state index contributed by atoms with van der Waals surface area (Å²) in [4.78, 5) is 26.1. The Labute approximate surface area is 159 Å². The third-order valence-electron chi connectivity index (χ3n) is 4.80. The molecular formula is C21H27NO5. The summed E-state index contributed by atoms with van der Waals surface area (Å²) in [5.74, 6) is 0.500. The SMILES string of the molecule is Cc1cc(=O)oc2c3c(c(CCC(=O)OC(C)C)cc12)OCN(C(C)C)C3. The summed E-state index contributed by atoms with van der Waals surface area (Å²) in [5, 5.41) is 0.884. The molecule has 1 aromatic heterocycles. The minimum Gasteiger partial charge on any atom is -0.477 e. The number of ether oxygens (including phenoxy) is 2. The van der Waals surface area contributed by atoms with Crippen LogP contribution in [-0.2, 0) is 22.5 Å². The van der Waals surface area contributed by atoms with Crippen LogP contribution in [0.3, 0.4) is 0 Å². The highest BCUT2D eigenvalue weighted by Crippen LogP contribution is 2.37. The molecule has 6 nitrogen and oxygen atoms in total. The zero-order chi connectivity index (χ0) is 19.7. The van der Waals surface area contributed by atoms with Crippen molar-refractivity contribution in [2.75, 3.05) is 6.73 Å². The normalized spacial score (nSPS) is 14.5. The summed E-state index contributed by atoms with van der Waals surface area (Å²) in [6, 6.07) is 3.77. The van der Waals surface area contributed by atoms with Gasteiger partial charge in [0.15, 0.2) is 0 Å². The number of esters is 1. The Hall–Kier alpha value is -2.34. The number of rotatable bonds is 5. The summed E-state index contributed by atoms with van der Waals surface area (Å²) in [7, 11) is 0. The lowest BCUT2D eigenvalue weighted by atomic mass is 9.97. The van der Waals surface area contributed by atoms with Crippen LogP contribution in [0.25, 0.3) is 11.0 Å². The van der Waals surface area contributed by atoms with Gasteiger partial charge in [-0.15, -0.1) is 0 Å². The fourth-order valence-corrected chi connectivity index (χ4v) is 3.35. The molecule has 1 aliphatic rings. The van der Waals surface area contributed by atoms with E-state index in [-0.39, 0.29) is 24.1 Å². The predicted molar refractivity (Wildman–Crippen MR) is 103 cm³/mol. The van der Waals surface area contributed by atoms with Gasteiger partial charge >= 0.3 is 11.6 Å². The maximum Gasteiger partial charge on any atom is 0.336 e. The Morgan fingerprint density at radius 1 is 1.26 bits per heavy atom. The maximum absolute atomic E-state index is 12.0. The first-order chi connectivity index (χ1) is 12.8. The monoisotopic (exact) mass is 373 g/mol. The molecule has 0 amide bonds. The Morgan fingerprint density at radius 2 is 2.00 bits per heavy atom. The van der Waals surface area contributed by atoms with Crippen molar-refractivity contribution in [2.45, 2.75) is 66.2 Å². The Morgan fingerprint density at radius 3 is 2.67 bits per heavy atom. The van der Waals surface area contributed by atoms with Gasteiger partial charge in [-0.3, -0.25) is 9.69 Å². The van der Waals surface area contributed by atoms with Gasteiger partial charge in [-0.25, -0.2) is 4.79 Å². The topological polar surface area (TPSA) is 69.0 Å². The van der Waals surface area contributed by atoms with Gasteiger partial charge in [-0.1, -0.05) is 0 Å². The highest BCUT2D eigenvalue weighted by molar-refractivity contribution is 5.86. The van der Waals surface area contributed by atoms with Crippen LogP contribution in [-0.4, -0.2) is 29.7 Å². The molecule has 0 bridgehead atoms. The van der Waals surface area contributed by atoms with E-state index >= 15 is 0 Å². The van der Waals surface area contributed by atoms with E-state index in [4.69, 9.17) is 13.9 Å². The molecule has 3 rings (SSSR count). The van der Waals surface area contributed by atoms with Crippen LogP contribution in [0.15, 0.2) is 21.3 Å². The van der Waals surface area contributed by atoms with E-state index in [1.807, 2.05) is 26.8 Å². The highest BCUT2D eigenvalue weighted by atomic mass is 16.5. The zero-order valence-corrected chi connectivity index (χ0v) is 16.6. The number of benzene rings is 1. The van der Waals surface area contributed by atoms with Crippen molar-refractivity contribution in [1.29, 1.82) is 0 Å². The van der Waals surface area contributed by atoms with Gasteiger partial charge in [0.05, 0.1) is 11.7 Å². The molecule has 146 valence electrons. The Balaban J connectivity index is 2.04. The van der Waals surface area contributed by atoms with Crippen molar-refractivity contribution < 1.29 is 18.7 Å². The lowest BCUT2D eigenvalue weighted by molar-refractivity contribution is -0.147. The average Bonchev–Trinajstić information content (AvgIpc) is 2.59. The second kappa shape index (κ2) is 7.72. The standard InChI is InChI=1S/C21H27NO5/c1-12(2)22-10-17-20(25-11-22)15(6-7-18(23)26-13(3)4)9-16-14(5)8-19(24)27-21(16)17/h8-9,12-13H,6-7,10-11H2,1-5H3. The summed E-state index contributed by atoms with van der Waals surface area (Å²) in [6.45, 7) is 10.9. The van der Waals surface area contributed by atoms with Crippen LogP contribution in [0.4, 0.5) is 0 Å². The number of fused-ring (bicyclic) bond motifs is 3. The number of hydrogen-bond acceptors (Lipinski definition) is 6. The maximum atomic E-state index is 12.0. The molecule has 0 aliphatic carbocycles. The number of nitrogens with zero attached hydrogens (tertiary/aromatic N) is 1. The van der Waals surface area contributed by atoms with Crippen LogP contribution in [0.5, 0.6) is 5.75 Å². The van der Waals surface area contributed by atoms with E-state index in [0.29, 0.717) is 31.3 Å². The first kappa shape index (κ1) is 19.4. The number of carbonyl (C=O) groups excluding carboxylic acids is 1. The van der Waals surface area contributed by atoms with Crippen molar-refractivity contribution in [2.24, 2.45) is 0 Å². The van der Waals surface area contributed by atoms with Crippen LogP contribution >= 0.6 is 0 Å². The van der Waals surface area contributed by atoms with E-state index in [0.717, 1.165) is 27.8 Å². The van der Waals surface area contributed by atoms with Gasteiger partial charge < -0.3 is 13.9 Å². The summed E-state index contributed by atoms with van der Waals surface area (Å²) in [5.41, 5.74) is 2.89. The molecule has 0 saturated carbocycles. The molecular weight excluding hydrogens is 346 g/mol. The van der Waals surface area contributed by atoms with Crippen LogP contribution in [0.2, 0.25) is 0 Å². The van der Waals surface area contributed by atoms with Crippen molar-refractivity contribution in [3.63, 3.8) is 0 Å². The predicted octanol–water partition coefficient (Wildman–Crippen LogP) is 3.55. The van der Waals surface area contributed by atoms with Gasteiger partial charge in [0.2, 0.25) is 0 Å². The summed E-state index contributed by atoms with van der Waals surface area (Å²) in [6.07, 6.45) is 0.670. The quantitative estimate of drug-likeness (QED) is 0.590. The van der Waals surface area contributed by atoms with E-state index in [1.165, 1.54) is 6.07 Å². The highest BCUT2D eigenvalue weighted by Gasteiger charge is 2.26. The molecule has 0 spiro atoms. The second-order valence-electron chi connectivity index (χ2n) is 7.62. The molecule has 0 atom stereocenters. The Kier molecular flexibility index (Phi) is 5.56. The van der Waals surface area contributed by atoms with Gasteiger partial charge in [0, 0.05) is 30.5 Å². The van der Waals surface area contributed by atoms with Crippen LogP contribution < -0.4 is 10.4 Å². The first-order valence-corrected chi connectivity index (χ1v) is 9.41. The van der Waals surface area contributed by atoms with E-state index in [1.54, 1.807) is 0 Å². The molecule has 1 aromatic carbocycles. The van der Waals surface area contributed by atoms with Crippen molar-refractivity contribution in [3.8, 4) is 5.75 Å². The minimum absolute atomic E-state index is 0.129. The fraction of sp³-hybridized carbons (Fsp3) is 0.524. The molecule has 1 aliphatic heterocycles. The third-order valence-corrected chi connectivity index (χ3v) is 4.80. The van der Waals surface area contributed by atoms with Crippen molar-refractivity contribution >= 4 is 16.9 Å². The fourth-order valence-electron chi connectivity index (χ4n) is 3.35. The Bertz CT molecular complexity index is 913. The molecule has 2 heterocycles. The molecule has 6 heteroatoms. The molecule has 27 heavy (non-hydrogen) atoms. The van der Waals surface area contributed by atoms with E-state index in [2.05, 4.69) is 18.7 Å². The summed E-state index contributed by atoms with van der Waals surface area (Å²) >= 11 is 0. The van der Waals surface area contributed by atoms with Crippen LogP contribution in [0, 0.1) is 6.92 Å². The lowest BCUT2D eigenvalue weighted by Gasteiger charge is -2.33. The number of aryl methyl sites for hydroxylation is 2. The number of carbonyl (C=O) groups is 1.